The highest BCUT2D eigenvalue weighted by molar-refractivity contribution is 7.17. The van der Waals surface area contributed by atoms with E-state index in [1.165, 1.54) is 12.8 Å². The molecule has 1 unspecified atom stereocenters. The van der Waals surface area contributed by atoms with E-state index in [1.807, 2.05) is 0 Å². The number of unbranched alkanes of at least 4 members (excludes halogenated alkanes) is 2. The van der Waals surface area contributed by atoms with Crippen LogP contribution in [0.3, 0.4) is 0 Å². The normalized spacial score (nSPS) is 10.1. The monoisotopic (exact) mass is 135 g/mol. The van der Waals surface area contributed by atoms with E-state index < -0.39 is 8.69 Å². The molecule has 49 valence electrons. The van der Waals surface area contributed by atoms with Gasteiger partial charge in [-0.3, -0.25) is 4.57 Å². The molecule has 0 bridgehead atoms. The number of rotatable bonds is 5. The Morgan fingerprint density at radius 3 is 2.75 bits per heavy atom. The van der Waals surface area contributed by atoms with Crippen molar-refractivity contribution in [3.05, 3.63) is 0 Å². The van der Waals surface area contributed by atoms with E-state index >= 15 is 0 Å². The van der Waals surface area contributed by atoms with Crippen LogP contribution in [0.5, 0.6) is 0 Å². The third kappa shape index (κ3) is 6.06. The van der Waals surface area contributed by atoms with Crippen molar-refractivity contribution in [2.75, 3.05) is 6.61 Å². The minimum absolute atomic E-state index is 0.581. The van der Waals surface area contributed by atoms with Gasteiger partial charge < -0.3 is 4.52 Å². The van der Waals surface area contributed by atoms with Crippen molar-refractivity contribution in [2.24, 2.45) is 0 Å². The van der Waals surface area contributed by atoms with Gasteiger partial charge in [-0.15, -0.1) is 0 Å². The summed E-state index contributed by atoms with van der Waals surface area (Å²) in [5, 5.41) is 0. The molecule has 0 aromatic rings. The molecule has 0 heterocycles. The Kier molecular flexibility index (Phi) is 7.11. The van der Waals surface area contributed by atoms with Gasteiger partial charge in [-0.05, 0) is 6.42 Å². The van der Waals surface area contributed by atoms with E-state index in [1.54, 1.807) is 0 Å². The molecule has 0 rings (SSSR count). The lowest BCUT2D eigenvalue weighted by molar-refractivity contribution is 0.330. The standard InChI is InChI=1S/C5H12O2P/c1-2-3-4-5-7-8-6/h8H,2-5H2,1H3. The van der Waals surface area contributed by atoms with E-state index in [0.717, 1.165) is 6.42 Å². The lowest BCUT2D eigenvalue weighted by Crippen LogP contribution is -1.81. The Morgan fingerprint density at radius 2 is 2.25 bits per heavy atom. The second-order valence-corrected chi connectivity index (χ2v) is 2.09. The highest BCUT2D eigenvalue weighted by Gasteiger charge is 1.82. The molecule has 8 heavy (non-hydrogen) atoms. The zero-order valence-electron chi connectivity index (χ0n) is 5.14. The van der Waals surface area contributed by atoms with Crippen molar-refractivity contribution in [3.63, 3.8) is 0 Å². The molecule has 2 nitrogen and oxygen atoms in total. The van der Waals surface area contributed by atoms with Gasteiger partial charge in [0.1, 0.15) is 0 Å². The molecule has 0 aliphatic heterocycles. The van der Waals surface area contributed by atoms with Crippen molar-refractivity contribution >= 4 is 8.69 Å². The van der Waals surface area contributed by atoms with Gasteiger partial charge >= 0.3 is 0 Å². The summed E-state index contributed by atoms with van der Waals surface area (Å²) >= 11 is 0. The summed E-state index contributed by atoms with van der Waals surface area (Å²) in [5.74, 6) is 0. The fourth-order valence-corrected chi connectivity index (χ4v) is 0.694. The summed E-state index contributed by atoms with van der Waals surface area (Å²) in [7, 11) is -0.581. The van der Waals surface area contributed by atoms with E-state index in [9.17, 15) is 4.57 Å². The van der Waals surface area contributed by atoms with Gasteiger partial charge in [0.05, 0.1) is 6.61 Å². The van der Waals surface area contributed by atoms with Crippen LogP contribution in [-0.2, 0) is 9.09 Å². The molecular formula is C5H12O2P. The van der Waals surface area contributed by atoms with Crippen LogP contribution in [-0.4, -0.2) is 6.61 Å². The quantitative estimate of drug-likeness (QED) is 0.426. The minimum atomic E-state index is -0.581. The zero-order chi connectivity index (χ0) is 6.24. The van der Waals surface area contributed by atoms with Gasteiger partial charge in [0, 0.05) is 0 Å². The van der Waals surface area contributed by atoms with Gasteiger partial charge in [-0.25, -0.2) is 0 Å². The van der Waals surface area contributed by atoms with Crippen LogP contribution in [0.4, 0.5) is 0 Å². The SMILES string of the molecule is CCCCCO[PH]=O. The van der Waals surface area contributed by atoms with Crippen LogP contribution in [0, 0.1) is 0 Å². The summed E-state index contributed by atoms with van der Waals surface area (Å²) in [4.78, 5) is 0. The minimum Gasteiger partial charge on any atom is -0.306 e. The maximum absolute atomic E-state index is 9.70. The topological polar surface area (TPSA) is 26.3 Å². The zero-order valence-corrected chi connectivity index (χ0v) is 6.14. The highest BCUT2D eigenvalue weighted by atomic mass is 31.1. The Bertz CT molecular complexity index is 56.4. The molecule has 0 aromatic heterocycles. The van der Waals surface area contributed by atoms with Crippen LogP contribution in [0.2, 0.25) is 0 Å². The molecule has 0 saturated carbocycles. The smallest absolute Gasteiger partial charge is 0.198 e. The number of hydrogen-bond donors (Lipinski definition) is 0. The lowest BCUT2D eigenvalue weighted by atomic mass is 10.3. The lowest BCUT2D eigenvalue weighted by Gasteiger charge is -1.91. The average Bonchev–Trinajstić information content (AvgIpc) is 1.81. The van der Waals surface area contributed by atoms with E-state index in [2.05, 4.69) is 11.4 Å². The summed E-state index contributed by atoms with van der Waals surface area (Å²) in [6.45, 7) is 2.77. The van der Waals surface area contributed by atoms with Gasteiger partial charge in [0.25, 0.3) is 0 Å². The van der Waals surface area contributed by atoms with Crippen molar-refractivity contribution in [1.29, 1.82) is 0 Å². The Labute approximate surface area is 51.5 Å². The van der Waals surface area contributed by atoms with Gasteiger partial charge in [-0.2, -0.15) is 0 Å². The maximum Gasteiger partial charge on any atom is 0.198 e. The summed E-state index contributed by atoms with van der Waals surface area (Å²) in [6, 6.07) is 0. The van der Waals surface area contributed by atoms with E-state index in [4.69, 9.17) is 0 Å². The molecule has 1 radical (unpaired) electrons. The molecule has 3 heteroatoms. The molecule has 0 aliphatic rings. The van der Waals surface area contributed by atoms with Crippen molar-refractivity contribution in [2.45, 2.75) is 26.2 Å². The highest BCUT2D eigenvalue weighted by Crippen LogP contribution is 1.99. The van der Waals surface area contributed by atoms with Crippen LogP contribution >= 0.6 is 8.69 Å². The summed E-state index contributed by atoms with van der Waals surface area (Å²) in [6.07, 6.45) is 3.39. The molecule has 0 fully saturated rings. The first-order valence-electron chi connectivity index (χ1n) is 2.90. The van der Waals surface area contributed by atoms with Crippen molar-refractivity contribution in [3.8, 4) is 0 Å². The average molecular weight is 135 g/mol. The molecule has 0 aromatic carbocycles. The van der Waals surface area contributed by atoms with Crippen LogP contribution < -0.4 is 0 Å². The molecular weight excluding hydrogens is 123 g/mol. The van der Waals surface area contributed by atoms with Crippen molar-refractivity contribution in [1.82, 2.24) is 0 Å². The second kappa shape index (κ2) is 7.06. The third-order valence-corrected chi connectivity index (χ3v) is 1.23. The first-order chi connectivity index (χ1) is 3.91. The van der Waals surface area contributed by atoms with Crippen molar-refractivity contribution < 1.29 is 9.09 Å². The first kappa shape index (κ1) is 8.06. The van der Waals surface area contributed by atoms with E-state index in [-0.39, 0.29) is 0 Å². The third-order valence-electron chi connectivity index (χ3n) is 0.909. The predicted molar refractivity (Wildman–Crippen MR) is 34.5 cm³/mol. The van der Waals surface area contributed by atoms with Gasteiger partial charge in [0.2, 0.25) is 0 Å². The molecule has 0 N–H and O–H groups in total. The molecule has 0 aliphatic carbocycles. The van der Waals surface area contributed by atoms with Gasteiger partial charge in [0.15, 0.2) is 8.69 Å². The maximum atomic E-state index is 9.70. The van der Waals surface area contributed by atoms with Gasteiger partial charge in [-0.1, -0.05) is 19.8 Å². The largest absolute Gasteiger partial charge is 0.306 e. The molecule has 0 spiro atoms. The first-order valence-corrected chi connectivity index (χ1v) is 3.72. The predicted octanol–water partition coefficient (Wildman–Crippen LogP) is 2.13. The summed E-state index contributed by atoms with van der Waals surface area (Å²) < 4.78 is 14.3. The number of hydrogen-bond acceptors (Lipinski definition) is 2. The Morgan fingerprint density at radius 1 is 1.50 bits per heavy atom. The Balaban J connectivity index is 2.62. The molecule has 0 amide bonds. The van der Waals surface area contributed by atoms with E-state index in [0.29, 0.717) is 6.61 Å². The van der Waals surface area contributed by atoms with Crippen LogP contribution in [0.15, 0.2) is 0 Å². The van der Waals surface area contributed by atoms with Crippen LogP contribution in [0.1, 0.15) is 26.2 Å². The van der Waals surface area contributed by atoms with Crippen LogP contribution in [0.25, 0.3) is 0 Å². The molecule has 1 atom stereocenters. The second-order valence-electron chi connectivity index (χ2n) is 1.64. The molecule has 0 saturated heterocycles. The Hall–Kier alpha value is 0.0600. The summed E-state index contributed by atoms with van der Waals surface area (Å²) in [5.41, 5.74) is 0. The fraction of sp³-hybridized carbons (Fsp3) is 1.00. The fourth-order valence-electron chi connectivity index (χ4n) is 0.466.